The van der Waals surface area contributed by atoms with Crippen LogP contribution < -0.4 is 5.69 Å². The number of aromatic nitrogens is 2. The molecule has 26 heavy (non-hydrogen) atoms. The van der Waals surface area contributed by atoms with Gasteiger partial charge in [0, 0.05) is 45.3 Å². The molecule has 8 heteroatoms. The second-order valence-corrected chi connectivity index (χ2v) is 6.31. The van der Waals surface area contributed by atoms with E-state index in [1.54, 1.807) is 32.6 Å². The summed E-state index contributed by atoms with van der Waals surface area (Å²) in [4.78, 5) is 42.5. The number of carbonyl (C=O) groups excluding carboxylic acids is 2. The first kappa shape index (κ1) is 18.2. The van der Waals surface area contributed by atoms with E-state index in [9.17, 15) is 14.4 Å². The van der Waals surface area contributed by atoms with E-state index in [2.05, 4.69) is 4.98 Å². The van der Waals surface area contributed by atoms with Gasteiger partial charge in [-0.2, -0.15) is 0 Å². The summed E-state index contributed by atoms with van der Waals surface area (Å²) in [7, 11) is 0. The SMILES string of the molecule is CCOCCn1c(=O)[nH]c2cc(C(=O)N3CCN(C(C)=O)CC3)ccc21. The van der Waals surface area contributed by atoms with Gasteiger partial charge in [0.05, 0.1) is 24.2 Å². The predicted molar refractivity (Wildman–Crippen MR) is 97.2 cm³/mol. The second-order valence-electron chi connectivity index (χ2n) is 6.31. The van der Waals surface area contributed by atoms with Crippen LogP contribution in [0.5, 0.6) is 0 Å². The number of ether oxygens (including phenoxy) is 1. The summed E-state index contributed by atoms with van der Waals surface area (Å²) in [5.74, 6) is -0.0532. The van der Waals surface area contributed by atoms with Gasteiger partial charge in [-0.1, -0.05) is 0 Å². The van der Waals surface area contributed by atoms with Crippen molar-refractivity contribution in [2.24, 2.45) is 0 Å². The van der Waals surface area contributed by atoms with E-state index in [-0.39, 0.29) is 17.5 Å². The van der Waals surface area contributed by atoms with Crippen LogP contribution >= 0.6 is 0 Å². The second kappa shape index (κ2) is 7.74. The quantitative estimate of drug-likeness (QED) is 0.794. The van der Waals surface area contributed by atoms with E-state index in [1.807, 2.05) is 6.92 Å². The minimum absolute atomic E-state index is 0.0319. The molecule has 1 aromatic heterocycles. The number of nitrogens with zero attached hydrogens (tertiary/aromatic N) is 3. The number of piperazine rings is 1. The Hall–Kier alpha value is -2.61. The fourth-order valence-corrected chi connectivity index (χ4v) is 3.23. The van der Waals surface area contributed by atoms with Gasteiger partial charge in [-0.25, -0.2) is 4.79 Å². The van der Waals surface area contributed by atoms with Crippen molar-refractivity contribution in [1.29, 1.82) is 0 Å². The Morgan fingerprint density at radius 3 is 2.50 bits per heavy atom. The largest absolute Gasteiger partial charge is 0.380 e. The van der Waals surface area contributed by atoms with E-state index in [0.29, 0.717) is 57.0 Å². The first-order valence-electron chi connectivity index (χ1n) is 8.86. The molecule has 1 aliphatic heterocycles. The summed E-state index contributed by atoms with van der Waals surface area (Å²) in [6.07, 6.45) is 0. The first-order valence-corrected chi connectivity index (χ1v) is 8.86. The molecular weight excluding hydrogens is 336 g/mol. The number of amides is 2. The Bertz CT molecular complexity index is 862. The van der Waals surface area contributed by atoms with Crippen LogP contribution in [0.25, 0.3) is 11.0 Å². The maximum absolute atomic E-state index is 12.7. The van der Waals surface area contributed by atoms with Crippen LogP contribution in [0, 0.1) is 0 Å². The molecule has 0 radical (unpaired) electrons. The van der Waals surface area contributed by atoms with E-state index in [4.69, 9.17) is 4.74 Å². The zero-order valence-electron chi connectivity index (χ0n) is 15.2. The third-order valence-corrected chi connectivity index (χ3v) is 4.70. The summed E-state index contributed by atoms with van der Waals surface area (Å²) in [6, 6.07) is 5.25. The molecule has 0 saturated carbocycles. The van der Waals surface area contributed by atoms with Crippen LogP contribution in [0.1, 0.15) is 24.2 Å². The molecule has 1 saturated heterocycles. The lowest BCUT2D eigenvalue weighted by atomic mass is 10.1. The molecule has 1 aliphatic rings. The molecule has 8 nitrogen and oxygen atoms in total. The Morgan fingerprint density at radius 1 is 1.15 bits per heavy atom. The molecule has 2 amide bonds. The summed E-state index contributed by atoms with van der Waals surface area (Å²) in [5.41, 5.74) is 1.72. The first-order chi connectivity index (χ1) is 12.5. The minimum atomic E-state index is -0.209. The lowest BCUT2D eigenvalue weighted by molar-refractivity contribution is -0.130. The number of hydrogen-bond donors (Lipinski definition) is 1. The molecule has 2 aromatic rings. The Balaban J connectivity index is 1.76. The van der Waals surface area contributed by atoms with Crippen LogP contribution in [0.4, 0.5) is 0 Å². The lowest BCUT2D eigenvalue weighted by Gasteiger charge is -2.34. The molecule has 3 rings (SSSR count). The topological polar surface area (TPSA) is 87.6 Å². The molecule has 140 valence electrons. The summed E-state index contributed by atoms with van der Waals surface area (Å²) >= 11 is 0. The average molecular weight is 360 g/mol. The molecule has 0 aliphatic carbocycles. The Labute approximate surface area is 151 Å². The van der Waals surface area contributed by atoms with Gasteiger partial charge in [-0.05, 0) is 25.1 Å². The molecule has 1 aromatic carbocycles. The zero-order chi connectivity index (χ0) is 18.7. The van der Waals surface area contributed by atoms with Crippen LogP contribution in [0.2, 0.25) is 0 Å². The molecule has 0 unspecified atom stereocenters. The Morgan fingerprint density at radius 2 is 1.85 bits per heavy atom. The van der Waals surface area contributed by atoms with Gasteiger partial charge in [-0.3, -0.25) is 14.2 Å². The fraction of sp³-hybridized carbons (Fsp3) is 0.500. The average Bonchev–Trinajstić information content (AvgIpc) is 2.96. The maximum Gasteiger partial charge on any atom is 0.326 e. The number of H-pyrrole nitrogens is 1. The highest BCUT2D eigenvalue weighted by Crippen LogP contribution is 2.16. The maximum atomic E-state index is 12.7. The highest BCUT2D eigenvalue weighted by atomic mass is 16.5. The van der Waals surface area contributed by atoms with Gasteiger partial charge < -0.3 is 19.5 Å². The van der Waals surface area contributed by atoms with E-state index >= 15 is 0 Å². The molecular formula is C18H24N4O4. The smallest absolute Gasteiger partial charge is 0.326 e. The van der Waals surface area contributed by atoms with Crippen LogP contribution in [0.15, 0.2) is 23.0 Å². The number of benzene rings is 1. The highest BCUT2D eigenvalue weighted by Gasteiger charge is 2.23. The van der Waals surface area contributed by atoms with Gasteiger partial charge >= 0.3 is 5.69 Å². The van der Waals surface area contributed by atoms with Crippen LogP contribution in [-0.4, -0.2) is 70.6 Å². The number of fused-ring (bicyclic) bond motifs is 1. The number of carbonyl (C=O) groups is 2. The number of imidazole rings is 1. The standard InChI is InChI=1S/C18H24N4O4/c1-3-26-11-10-22-16-5-4-14(12-15(16)19-18(22)25)17(24)21-8-6-20(7-9-21)13(2)23/h4-5,12H,3,6-11H2,1-2H3,(H,19,25). The molecule has 0 atom stereocenters. The van der Waals surface area contributed by atoms with Crippen molar-refractivity contribution in [2.75, 3.05) is 39.4 Å². The van der Waals surface area contributed by atoms with Gasteiger partial charge in [0.2, 0.25) is 5.91 Å². The molecule has 0 spiro atoms. The zero-order valence-corrected chi connectivity index (χ0v) is 15.2. The van der Waals surface area contributed by atoms with Crippen molar-refractivity contribution in [3.05, 3.63) is 34.2 Å². The third kappa shape index (κ3) is 3.65. The predicted octanol–water partition coefficient (Wildman–Crippen LogP) is 0.670. The van der Waals surface area contributed by atoms with Gasteiger partial charge in [0.25, 0.3) is 5.91 Å². The van der Waals surface area contributed by atoms with Crippen LogP contribution in [-0.2, 0) is 16.1 Å². The third-order valence-electron chi connectivity index (χ3n) is 4.70. The number of nitrogens with one attached hydrogen (secondary N) is 1. The fourth-order valence-electron chi connectivity index (χ4n) is 3.23. The van der Waals surface area contributed by atoms with Gasteiger partial charge in [0.1, 0.15) is 0 Å². The van der Waals surface area contributed by atoms with Crippen molar-refractivity contribution >= 4 is 22.8 Å². The molecule has 2 heterocycles. The number of rotatable bonds is 5. The van der Waals surface area contributed by atoms with Gasteiger partial charge in [0.15, 0.2) is 0 Å². The van der Waals surface area contributed by atoms with Gasteiger partial charge in [-0.15, -0.1) is 0 Å². The summed E-state index contributed by atoms with van der Waals surface area (Å²) in [5, 5.41) is 0. The van der Waals surface area contributed by atoms with E-state index in [1.165, 1.54) is 6.92 Å². The van der Waals surface area contributed by atoms with Crippen molar-refractivity contribution in [2.45, 2.75) is 20.4 Å². The summed E-state index contributed by atoms with van der Waals surface area (Å²) in [6.45, 7) is 7.11. The number of aromatic amines is 1. The Kier molecular flexibility index (Phi) is 5.41. The number of hydrogen-bond acceptors (Lipinski definition) is 4. The lowest BCUT2D eigenvalue weighted by Crippen LogP contribution is -2.50. The van der Waals surface area contributed by atoms with E-state index < -0.39 is 0 Å². The normalized spacial score (nSPS) is 14.8. The molecule has 1 N–H and O–H groups in total. The monoisotopic (exact) mass is 360 g/mol. The van der Waals surface area contributed by atoms with Crippen molar-refractivity contribution in [3.63, 3.8) is 0 Å². The minimum Gasteiger partial charge on any atom is -0.380 e. The van der Waals surface area contributed by atoms with Crippen molar-refractivity contribution in [3.8, 4) is 0 Å². The van der Waals surface area contributed by atoms with Crippen molar-refractivity contribution < 1.29 is 14.3 Å². The molecule has 1 fully saturated rings. The van der Waals surface area contributed by atoms with E-state index in [0.717, 1.165) is 5.52 Å². The van der Waals surface area contributed by atoms with Crippen molar-refractivity contribution in [1.82, 2.24) is 19.4 Å². The summed E-state index contributed by atoms with van der Waals surface area (Å²) < 4.78 is 6.93. The molecule has 0 bridgehead atoms. The van der Waals surface area contributed by atoms with Crippen LogP contribution in [0.3, 0.4) is 0 Å². The highest BCUT2D eigenvalue weighted by molar-refractivity contribution is 5.97.